The summed E-state index contributed by atoms with van der Waals surface area (Å²) in [6.07, 6.45) is 1.04. The predicted molar refractivity (Wildman–Crippen MR) is 75.9 cm³/mol. The number of hydrogen-bond acceptors (Lipinski definition) is 3. The van der Waals surface area contributed by atoms with E-state index in [1.165, 1.54) is 11.1 Å². The fraction of sp³-hybridized carbons (Fsp3) is 0.562. The molecule has 1 N–H and O–H groups in total. The van der Waals surface area contributed by atoms with Crippen molar-refractivity contribution in [1.29, 1.82) is 0 Å². The van der Waals surface area contributed by atoms with Crippen molar-refractivity contribution < 1.29 is 9.53 Å². The van der Waals surface area contributed by atoms with Crippen molar-refractivity contribution in [2.75, 3.05) is 6.61 Å². The number of carbonyl (C=O) groups excluding carboxylic acids is 1. The molecule has 104 valence electrons. The minimum atomic E-state index is -0.282. The van der Waals surface area contributed by atoms with Crippen LogP contribution in [0.3, 0.4) is 0 Å². The zero-order valence-electron chi connectivity index (χ0n) is 12.2. The van der Waals surface area contributed by atoms with Crippen molar-refractivity contribution in [2.45, 2.75) is 46.2 Å². The molecular weight excluding hydrogens is 238 g/mol. The Hall–Kier alpha value is -1.35. The molecule has 1 aliphatic carbocycles. The van der Waals surface area contributed by atoms with Crippen LogP contribution in [0.4, 0.5) is 0 Å². The third-order valence-corrected chi connectivity index (χ3v) is 3.85. The first-order valence-electron chi connectivity index (χ1n) is 6.96. The molecule has 0 radical (unpaired) electrons. The summed E-state index contributed by atoms with van der Waals surface area (Å²) in [6, 6.07) is 8.38. The van der Waals surface area contributed by atoms with E-state index in [9.17, 15) is 4.79 Å². The molecule has 3 nitrogen and oxygen atoms in total. The van der Waals surface area contributed by atoms with E-state index >= 15 is 0 Å². The fourth-order valence-corrected chi connectivity index (χ4v) is 2.89. The second-order valence-corrected chi connectivity index (χ2v) is 5.94. The highest BCUT2D eigenvalue weighted by Gasteiger charge is 2.39. The zero-order valence-corrected chi connectivity index (χ0v) is 12.2. The molecule has 0 fully saturated rings. The molecule has 0 saturated heterocycles. The summed E-state index contributed by atoms with van der Waals surface area (Å²) in [5.41, 5.74) is 2.80. The molecule has 2 unspecified atom stereocenters. The summed E-state index contributed by atoms with van der Waals surface area (Å²) in [6.45, 7) is 8.61. The van der Waals surface area contributed by atoms with Crippen LogP contribution in [-0.2, 0) is 16.0 Å². The van der Waals surface area contributed by atoms with Gasteiger partial charge in [-0.2, -0.15) is 0 Å². The first-order chi connectivity index (χ1) is 8.95. The molecule has 0 aromatic heterocycles. The smallest absolute Gasteiger partial charge is 0.322 e. The molecular formula is C16H23NO2. The van der Waals surface area contributed by atoms with Crippen LogP contribution in [0.15, 0.2) is 24.3 Å². The predicted octanol–water partition coefficient (Wildman–Crippen LogP) is 2.85. The van der Waals surface area contributed by atoms with Crippen molar-refractivity contribution in [1.82, 2.24) is 5.32 Å². The van der Waals surface area contributed by atoms with E-state index in [4.69, 9.17) is 4.74 Å². The molecule has 0 spiro atoms. The molecule has 2 atom stereocenters. The first kappa shape index (κ1) is 14.1. The monoisotopic (exact) mass is 261 g/mol. The zero-order chi connectivity index (χ0) is 14.0. The summed E-state index contributed by atoms with van der Waals surface area (Å²) in [5.74, 6) is -0.178. The lowest BCUT2D eigenvalue weighted by Crippen LogP contribution is -2.42. The lowest BCUT2D eigenvalue weighted by molar-refractivity contribution is -0.145. The van der Waals surface area contributed by atoms with Crippen molar-refractivity contribution in [3.05, 3.63) is 35.4 Å². The molecule has 2 rings (SSSR count). The molecule has 1 aromatic rings. The highest BCUT2D eigenvalue weighted by atomic mass is 16.5. The molecule has 3 heteroatoms. The summed E-state index contributed by atoms with van der Waals surface area (Å²) >= 11 is 0. The SMILES string of the molecule is CCOC(=O)C(C)NC1c2ccccc2CC1(C)C. The van der Waals surface area contributed by atoms with Gasteiger partial charge in [-0.15, -0.1) is 0 Å². The van der Waals surface area contributed by atoms with Gasteiger partial charge in [-0.1, -0.05) is 38.1 Å². The number of esters is 1. The number of ether oxygens (including phenoxy) is 1. The van der Waals surface area contributed by atoms with Gasteiger partial charge in [-0.25, -0.2) is 0 Å². The van der Waals surface area contributed by atoms with Gasteiger partial charge in [0.2, 0.25) is 0 Å². The topological polar surface area (TPSA) is 38.3 Å². The largest absolute Gasteiger partial charge is 0.465 e. The van der Waals surface area contributed by atoms with Gasteiger partial charge in [-0.3, -0.25) is 10.1 Å². The maximum atomic E-state index is 11.8. The van der Waals surface area contributed by atoms with Gasteiger partial charge in [0.05, 0.1) is 6.61 Å². The van der Waals surface area contributed by atoms with Crippen LogP contribution < -0.4 is 5.32 Å². The van der Waals surface area contributed by atoms with Gasteiger partial charge in [0.15, 0.2) is 0 Å². The Morgan fingerprint density at radius 1 is 1.47 bits per heavy atom. The standard InChI is InChI=1S/C16H23NO2/c1-5-19-15(18)11(2)17-14-13-9-7-6-8-12(13)10-16(14,3)4/h6-9,11,14,17H,5,10H2,1-4H3. The quantitative estimate of drug-likeness (QED) is 0.847. The van der Waals surface area contributed by atoms with E-state index in [0.717, 1.165) is 6.42 Å². The number of benzene rings is 1. The molecule has 1 aliphatic rings. The summed E-state index contributed by atoms with van der Waals surface area (Å²) in [4.78, 5) is 11.8. The minimum Gasteiger partial charge on any atom is -0.465 e. The van der Waals surface area contributed by atoms with E-state index in [2.05, 4.69) is 43.4 Å². The van der Waals surface area contributed by atoms with Crippen molar-refractivity contribution in [2.24, 2.45) is 5.41 Å². The van der Waals surface area contributed by atoms with Crippen molar-refractivity contribution >= 4 is 5.97 Å². The Labute approximate surface area is 115 Å². The average Bonchev–Trinajstić information content (AvgIpc) is 2.61. The van der Waals surface area contributed by atoms with Crippen molar-refractivity contribution in [3.8, 4) is 0 Å². The van der Waals surface area contributed by atoms with Gasteiger partial charge < -0.3 is 4.74 Å². The number of carbonyl (C=O) groups is 1. The minimum absolute atomic E-state index is 0.116. The third-order valence-electron chi connectivity index (χ3n) is 3.85. The van der Waals surface area contributed by atoms with Gasteiger partial charge in [0.1, 0.15) is 6.04 Å². The van der Waals surface area contributed by atoms with Crippen LogP contribution in [0.2, 0.25) is 0 Å². The highest BCUT2D eigenvalue weighted by molar-refractivity contribution is 5.75. The summed E-state index contributed by atoms with van der Waals surface area (Å²) in [5, 5.41) is 3.44. The maximum Gasteiger partial charge on any atom is 0.322 e. The molecule has 0 bridgehead atoms. The molecule has 0 heterocycles. The van der Waals surface area contributed by atoms with E-state index < -0.39 is 0 Å². The van der Waals surface area contributed by atoms with Gasteiger partial charge in [-0.05, 0) is 36.8 Å². The number of fused-ring (bicyclic) bond motifs is 1. The van der Waals surface area contributed by atoms with Crippen LogP contribution in [0.25, 0.3) is 0 Å². The Morgan fingerprint density at radius 3 is 2.84 bits per heavy atom. The average molecular weight is 261 g/mol. The molecule has 0 amide bonds. The van der Waals surface area contributed by atoms with E-state index in [0.29, 0.717) is 6.61 Å². The summed E-state index contributed by atoms with van der Waals surface area (Å²) < 4.78 is 5.07. The molecule has 0 aliphatic heterocycles. The highest BCUT2D eigenvalue weighted by Crippen LogP contribution is 2.45. The van der Waals surface area contributed by atoms with Crippen LogP contribution >= 0.6 is 0 Å². The lowest BCUT2D eigenvalue weighted by Gasteiger charge is -2.30. The van der Waals surface area contributed by atoms with Crippen LogP contribution in [0.1, 0.15) is 44.9 Å². The van der Waals surface area contributed by atoms with E-state index in [-0.39, 0.29) is 23.5 Å². The van der Waals surface area contributed by atoms with Gasteiger partial charge in [0.25, 0.3) is 0 Å². The lowest BCUT2D eigenvalue weighted by atomic mass is 9.85. The van der Waals surface area contributed by atoms with E-state index in [1.54, 1.807) is 0 Å². The number of rotatable bonds is 4. The normalized spacial score (nSPS) is 21.8. The third kappa shape index (κ3) is 2.81. The van der Waals surface area contributed by atoms with Gasteiger partial charge >= 0.3 is 5.97 Å². The summed E-state index contributed by atoms with van der Waals surface area (Å²) in [7, 11) is 0. The Morgan fingerprint density at radius 2 is 2.16 bits per heavy atom. The van der Waals surface area contributed by atoms with Crippen LogP contribution in [0.5, 0.6) is 0 Å². The van der Waals surface area contributed by atoms with Gasteiger partial charge in [0, 0.05) is 6.04 Å². The van der Waals surface area contributed by atoms with E-state index in [1.807, 2.05) is 13.8 Å². The second kappa shape index (κ2) is 5.33. The van der Waals surface area contributed by atoms with Crippen LogP contribution in [-0.4, -0.2) is 18.6 Å². The Balaban J connectivity index is 2.17. The first-order valence-corrected chi connectivity index (χ1v) is 6.96. The maximum absolute atomic E-state index is 11.8. The molecule has 1 aromatic carbocycles. The molecule has 0 saturated carbocycles. The second-order valence-electron chi connectivity index (χ2n) is 5.94. The fourth-order valence-electron chi connectivity index (χ4n) is 2.89. The van der Waals surface area contributed by atoms with Crippen LogP contribution in [0, 0.1) is 5.41 Å². The Kier molecular flexibility index (Phi) is 3.95. The molecule has 19 heavy (non-hydrogen) atoms. The number of hydrogen-bond donors (Lipinski definition) is 1. The number of nitrogens with one attached hydrogen (secondary N) is 1. The Bertz CT molecular complexity index is 468. The van der Waals surface area contributed by atoms with Crippen molar-refractivity contribution in [3.63, 3.8) is 0 Å².